The second kappa shape index (κ2) is 6.32. The Morgan fingerprint density at radius 1 is 1.47 bits per heavy atom. The highest BCUT2D eigenvalue weighted by molar-refractivity contribution is 5.76. The molecule has 0 bridgehead atoms. The van der Waals surface area contributed by atoms with Gasteiger partial charge in [0.1, 0.15) is 0 Å². The SMILES string of the molecule is Cc1cc[nH]c1C=O.Cn1cccc1C=NO. The van der Waals surface area contributed by atoms with Gasteiger partial charge in [-0.2, -0.15) is 0 Å². The minimum absolute atomic E-state index is 0.671. The summed E-state index contributed by atoms with van der Waals surface area (Å²) < 4.78 is 1.86. The van der Waals surface area contributed by atoms with Gasteiger partial charge in [-0.25, -0.2) is 0 Å². The quantitative estimate of drug-likeness (QED) is 0.360. The van der Waals surface area contributed by atoms with Crippen LogP contribution in [0.25, 0.3) is 0 Å². The minimum atomic E-state index is 0.671. The molecule has 0 atom stereocenters. The van der Waals surface area contributed by atoms with Crippen molar-refractivity contribution in [3.8, 4) is 0 Å². The van der Waals surface area contributed by atoms with Gasteiger partial charge in [0.15, 0.2) is 6.29 Å². The van der Waals surface area contributed by atoms with E-state index >= 15 is 0 Å². The van der Waals surface area contributed by atoms with Gasteiger partial charge in [-0.3, -0.25) is 4.79 Å². The molecule has 0 aromatic carbocycles. The van der Waals surface area contributed by atoms with Crippen LogP contribution in [0.1, 0.15) is 21.7 Å². The maximum atomic E-state index is 10.1. The molecule has 0 fully saturated rings. The third-order valence-electron chi connectivity index (χ3n) is 2.29. The fourth-order valence-electron chi connectivity index (χ4n) is 1.25. The zero-order valence-electron chi connectivity index (χ0n) is 9.79. The van der Waals surface area contributed by atoms with E-state index in [4.69, 9.17) is 5.21 Å². The molecule has 0 aliphatic heterocycles. The lowest BCUT2D eigenvalue weighted by atomic mass is 10.3. The van der Waals surface area contributed by atoms with Crippen LogP contribution in [-0.2, 0) is 7.05 Å². The van der Waals surface area contributed by atoms with Gasteiger partial charge in [0.05, 0.1) is 17.6 Å². The molecule has 0 saturated carbocycles. The largest absolute Gasteiger partial charge is 0.411 e. The molecule has 0 aliphatic rings. The number of oxime groups is 1. The zero-order chi connectivity index (χ0) is 12.7. The van der Waals surface area contributed by atoms with Crippen LogP contribution in [0.4, 0.5) is 0 Å². The molecule has 5 nitrogen and oxygen atoms in total. The molecule has 2 N–H and O–H groups in total. The summed E-state index contributed by atoms with van der Waals surface area (Å²) in [5.74, 6) is 0. The molecule has 2 rings (SSSR count). The number of carbonyl (C=O) groups excluding carboxylic acids is 1. The van der Waals surface area contributed by atoms with E-state index in [2.05, 4.69) is 10.1 Å². The molecular weight excluding hydrogens is 218 g/mol. The van der Waals surface area contributed by atoms with Crippen molar-refractivity contribution in [2.75, 3.05) is 0 Å². The van der Waals surface area contributed by atoms with Crippen LogP contribution in [0, 0.1) is 6.92 Å². The lowest BCUT2D eigenvalue weighted by molar-refractivity contribution is 0.111. The molecule has 17 heavy (non-hydrogen) atoms. The van der Waals surface area contributed by atoms with Gasteiger partial charge < -0.3 is 14.8 Å². The van der Waals surface area contributed by atoms with Gasteiger partial charge in [0, 0.05) is 19.4 Å². The van der Waals surface area contributed by atoms with E-state index in [0.717, 1.165) is 17.5 Å². The number of rotatable bonds is 2. The number of aryl methyl sites for hydroxylation is 2. The molecule has 2 aromatic rings. The van der Waals surface area contributed by atoms with Crippen LogP contribution in [0.15, 0.2) is 35.7 Å². The van der Waals surface area contributed by atoms with E-state index in [1.54, 1.807) is 6.20 Å². The smallest absolute Gasteiger partial charge is 0.166 e. The Morgan fingerprint density at radius 2 is 2.24 bits per heavy atom. The fourth-order valence-corrected chi connectivity index (χ4v) is 1.25. The molecule has 5 heteroatoms. The number of aromatic nitrogens is 2. The van der Waals surface area contributed by atoms with Crippen LogP contribution in [0.2, 0.25) is 0 Å². The number of aldehydes is 1. The number of nitrogens with one attached hydrogen (secondary N) is 1. The van der Waals surface area contributed by atoms with Crippen LogP contribution in [0.5, 0.6) is 0 Å². The molecule has 90 valence electrons. The minimum Gasteiger partial charge on any atom is -0.411 e. The summed E-state index contributed by atoms with van der Waals surface area (Å²) in [5, 5.41) is 11.0. The van der Waals surface area contributed by atoms with Gasteiger partial charge >= 0.3 is 0 Å². The second-order valence-electron chi connectivity index (χ2n) is 3.48. The Balaban J connectivity index is 0.000000171. The number of hydrogen-bond donors (Lipinski definition) is 2. The van der Waals surface area contributed by atoms with Crippen LogP contribution in [0.3, 0.4) is 0 Å². The molecule has 0 aliphatic carbocycles. The van der Waals surface area contributed by atoms with Crippen LogP contribution >= 0.6 is 0 Å². The van der Waals surface area contributed by atoms with Gasteiger partial charge in [0.25, 0.3) is 0 Å². The van der Waals surface area contributed by atoms with E-state index in [1.807, 2.05) is 42.9 Å². The van der Waals surface area contributed by atoms with Crippen molar-refractivity contribution in [1.29, 1.82) is 0 Å². The first-order chi connectivity index (χ1) is 8.19. The van der Waals surface area contributed by atoms with Crippen molar-refractivity contribution in [1.82, 2.24) is 9.55 Å². The average Bonchev–Trinajstić information content (AvgIpc) is 2.90. The first-order valence-electron chi connectivity index (χ1n) is 5.07. The number of H-pyrrole nitrogens is 1. The van der Waals surface area contributed by atoms with Gasteiger partial charge in [-0.05, 0) is 30.7 Å². The van der Waals surface area contributed by atoms with Gasteiger partial charge in [-0.15, -0.1) is 0 Å². The van der Waals surface area contributed by atoms with Crippen molar-refractivity contribution in [2.24, 2.45) is 12.2 Å². The molecule has 2 heterocycles. The summed E-state index contributed by atoms with van der Waals surface area (Å²) in [5.41, 5.74) is 2.56. The van der Waals surface area contributed by atoms with Gasteiger partial charge in [-0.1, -0.05) is 5.16 Å². The van der Waals surface area contributed by atoms with Crippen molar-refractivity contribution < 1.29 is 10.0 Å². The third kappa shape index (κ3) is 3.64. The van der Waals surface area contributed by atoms with E-state index in [-0.39, 0.29) is 0 Å². The lowest BCUT2D eigenvalue weighted by Crippen LogP contribution is -1.91. The molecule has 0 radical (unpaired) electrons. The van der Waals surface area contributed by atoms with E-state index in [1.165, 1.54) is 6.21 Å². The molecule has 0 saturated heterocycles. The summed E-state index contributed by atoms with van der Waals surface area (Å²) in [4.78, 5) is 12.8. The molecule has 0 amide bonds. The lowest BCUT2D eigenvalue weighted by Gasteiger charge is -1.91. The molecular formula is C12H15N3O2. The van der Waals surface area contributed by atoms with Crippen LogP contribution in [-0.4, -0.2) is 27.3 Å². The number of nitrogens with zero attached hydrogens (tertiary/aromatic N) is 2. The summed E-state index contributed by atoms with van der Waals surface area (Å²) in [6.45, 7) is 1.89. The summed E-state index contributed by atoms with van der Waals surface area (Å²) in [7, 11) is 1.89. The normalized spacial score (nSPS) is 10.0. The first kappa shape index (κ1) is 12.8. The van der Waals surface area contributed by atoms with Gasteiger partial charge in [0.2, 0.25) is 0 Å². The molecule has 2 aromatic heterocycles. The standard InChI is InChI=1S/C6H8N2O.C6H7NO/c1-8-4-2-3-6(8)5-7-9;1-5-2-3-7-6(5)4-8/h2-5,9H,1H3;2-4,7H,1H3. The highest BCUT2D eigenvalue weighted by Gasteiger charge is 1.92. The summed E-state index contributed by atoms with van der Waals surface area (Å²) >= 11 is 0. The Labute approximate surface area is 99.4 Å². The number of carbonyl (C=O) groups is 1. The van der Waals surface area contributed by atoms with Crippen molar-refractivity contribution >= 4 is 12.5 Å². The Bertz CT molecular complexity index is 497. The highest BCUT2D eigenvalue weighted by Crippen LogP contribution is 1.99. The predicted molar refractivity (Wildman–Crippen MR) is 65.7 cm³/mol. The first-order valence-corrected chi connectivity index (χ1v) is 5.07. The molecule has 0 spiro atoms. The van der Waals surface area contributed by atoms with E-state index in [0.29, 0.717) is 5.69 Å². The van der Waals surface area contributed by atoms with Crippen molar-refractivity contribution in [2.45, 2.75) is 6.92 Å². The Morgan fingerprint density at radius 3 is 2.59 bits per heavy atom. The predicted octanol–water partition coefficient (Wildman–Crippen LogP) is 1.97. The maximum absolute atomic E-state index is 10.1. The zero-order valence-corrected chi connectivity index (χ0v) is 9.79. The summed E-state index contributed by atoms with van der Waals surface area (Å²) in [6, 6.07) is 5.61. The third-order valence-corrected chi connectivity index (χ3v) is 2.29. The second-order valence-corrected chi connectivity index (χ2v) is 3.48. The fraction of sp³-hybridized carbons (Fsp3) is 0.167. The number of hydrogen-bond acceptors (Lipinski definition) is 3. The Kier molecular flexibility index (Phi) is 4.75. The van der Waals surface area contributed by atoms with E-state index in [9.17, 15) is 4.79 Å². The highest BCUT2D eigenvalue weighted by atomic mass is 16.4. The number of aromatic amines is 1. The topological polar surface area (TPSA) is 70.4 Å². The Hall–Kier alpha value is -2.30. The summed E-state index contributed by atoms with van der Waals surface area (Å²) in [6.07, 6.45) is 5.84. The van der Waals surface area contributed by atoms with E-state index < -0.39 is 0 Å². The van der Waals surface area contributed by atoms with Crippen LogP contribution < -0.4 is 0 Å². The van der Waals surface area contributed by atoms with Crippen molar-refractivity contribution in [3.63, 3.8) is 0 Å². The maximum Gasteiger partial charge on any atom is 0.166 e. The monoisotopic (exact) mass is 233 g/mol. The molecule has 0 unspecified atom stereocenters. The average molecular weight is 233 g/mol. The van der Waals surface area contributed by atoms with Crippen molar-refractivity contribution in [3.05, 3.63) is 47.5 Å².